The molecular formula is C13H15ClO2. The quantitative estimate of drug-likeness (QED) is 0.639. The summed E-state index contributed by atoms with van der Waals surface area (Å²) in [5.74, 6) is 0.214. The summed E-state index contributed by atoms with van der Waals surface area (Å²) in [6.45, 7) is 3.93. The molecule has 16 heavy (non-hydrogen) atoms. The Morgan fingerprint density at radius 3 is 2.44 bits per heavy atom. The Labute approximate surface area is 101 Å². The third-order valence-corrected chi connectivity index (χ3v) is 2.30. The van der Waals surface area contributed by atoms with E-state index in [4.69, 9.17) is 11.6 Å². The molecule has 0 saturated heterocycles. The van der Waals surface area contributed by atoms with Gasteiger partial charge in [0.1, 0.15) is 5.76 Å². The minimum atomic E-state index is -0.0672. The van der Waals surface area contributed by atoms with Crippen LogP contribution in [0.1, 0.15) is 25.8 Å². The van der Waals surface area contributed by atoms with E-state index < -0.39 is 0 Å². The molecule has 0 unspecified atom stereocenters. The molecule has 1 aromatic rings. The van der Waals surface area contributed by atoms with Gasteiger partial charge in [0.25, 0.3) is 0 Å². The van der Waals surface area contributed by atoms with Crippen LogP contribution in [0, 0.1) is 5.92 Å². The van der Waals surface area contributed by atoms with Crippen molar-refractivity contribution in [1.82, 2.24) is 0 Å². The summed E-state index contributed by atoms with van der Waals surface area (Å²) in [4.78, 5) is 11.4. The van der Waals surface area contributed by atoms with E-state index in [0.717, 1.165) is 0 Å². The first kappa shape index (κ1) is 12.8. The molecule has 86 valence electrons. The van der Waals surface area contributed by atoms with Crippen LogP contribution in [-0.2, 0) is 4.79 Å². The van der Waals surface area contributed by atoms with Gasteiger partial charge in [-0.15, -0.1) is 0 Å². The Morgan fingerprint density at radius 1 is 1.38 bits per heavy atom. The summed E-state index contributed by atoms with van der Waals surface area (Å²) in [7, 11) is 0. The highest BCUT2D eigenvalue weighted by Crippen LogP contribution is 2.16. The molecule has 0 aliphatic heterocycles. The average molecular weight is 239 g/mol. The van der Waals surface area contributed by atoms with E-state index in [1.54, 1.807) is 24.3 Å². The molecule has 0 aromatic heterocycles. The van der Waals surface area contributed by atoms with Crippen molar-refractivity contribution in [3.05, 3.63) is 40.9 Å². The SMILES string of the molecule is CC(C)CC(=O)C=C(O)c1ccc(Cl)cc1. The monoisotopic (exact) mass is 238 g/mol. The Bertz CT molecular complexity index is 391. The number of benzene rings is 1. The molecule has 1 rings (SSSR count). The molecular weight excluding hydrogens is 224 g/mol. The first-order valence-electron chi connectivity index (χ1n) is 5.18. The Hall–Kier alpha value is -1.28. The zero-order valence-corrected chi connectivity index (χ0v) is 10.2. The molecule has 1 N–H and O–H groups in total. The van der Waals surface area contributed by atoms with Gasteiger partial charge in [0.05, 0.1) is 0 Å². The molecule has 0 radical (unpaired) electrons. The van der Waals surface area contributed by atoms with Crippen molar-refractivity contribution in [1.29, 1.82) is 0 Å². The molecule has 1 aromatic carbocycles. The summed E-state index contributed by atoms with van der Waals surface area (Å²) in [5, 5.41) is 10.3. The fourth-order valence-electron chi connectivity index (χ4n) is 1.32. The third-order valence-electron chi connectivity index (χ3n) is 2.05. The van der Waals surface area contributed by atoms with E-state index in [0.29, 0.717) is 22.9 Å². The lowest BCUT2D eigenvalue weighted by atomic mass is 10.1. The number of hydrogen-bond donors (Lipinski definition) is 1. The second-order valence-corrected chi connectivity index (χ2v) is 4.54. The molecule has 0 saturated carbocycles. The lowest BCUT2D eigenvalue weighted by Crippen LogP contribution is -2.00. The fourth-order valence-corrected chi connectivity index (χ4v) is 1.44. The molecule has 0 spiro atoms. The molecule has 0 amide bonds. The highest BCUT2D eigenvalue weighted by atomic mass is 35.5. The highest BCUT2D eigenvalue weighted by Gasteiger charge is 2.05. The lowest BCUT2D eigenvalue weighted by Gasteiger charge is -2.02. The highest BCUT2D eigenvalue weighted by molar-refractivity contribution is 6.30. The number of rotatable bonds is 4. The van der Waals surface area contributed by atoms with Gasteiger partial charge in [0.2, 0.25) is 0 Å². The van der Waals surface area contributed by atoms with Crippen LogP contribution in [0.2, 0.25) is 5.02 Å². The minimum Gasteiger partial charge on any atom is -0.507 e. The van der Waals surface area contributed by atoms with E-state index in [1.165, 1.54) is 6.08 Å². The normalized spacial score (nSPS) is 11.9. The number of aliphatic hydroxyl groups is 1. The van der Waals surface area contributed by atoms with Crippen molar-refractivity contribution < 1.29 is 9.90 Å². The summed E-state index contributed by atoms with van der Waals surface area (Å²) in [5.41, 5.74) is 0.599. The third kappa shape index (κ3) is 4.07. The van der Waals surface area contributed by atoms with Crippen molar-refractivity contribution in [3.8, 4) is 0 Å². The molecule has 0 atom stereocenters. The van der Waals surface area contributed by atoms with Crippen LogP contribution in [0.15, 0.2) is 30.3 Å². The maximum atomic E-state index is 11.4. The van der Waals surface area contributed by atoms with Gasteiger partial charge in [-0.2, -0.15) is 0 Å². The number of ketones is 1. The number of carbonyl (C=O) groups is 1. The number of halogens is 1. The molecule has 0 fully saturated rings. The summed E-state index contributed by atoms with van der Waals surface area (Å²) in [6, 6.07) is 6.70. The molecule has 0 aliphatic carbocycles. The van der Waals surface area contributed by atoms with E-state index in [9.17, 15) is 9.90 Å². The van der Waals surface area contributed by atoms with Crippen LogP contribution in [0.3, 0.4) is 0 Å². The second kappa shape index (κ2) is 5.71. The van der Waals surface area contributed by atoms with Crippen LogP contribution in [-0.4, -0.2) is 10.9 Å². The van der Waals surface area contributed by atoms with Crippen molar-refractivity contribution in [2.45, 2.75) is 20.3 Å². The molecule has 0 bridgehead atoms. The van der Waals surface area contributed by atoms with Crippen LogP contribution in [0.25, 0.3) is 5.76 Å². The van der Waals surface area contributed by atoms with Crippen LogP contribution >= 0.6 is 11.6 Å². The Morgan fingerprint density at radius 2 is 1.94 bits per heavy atom. The van der Waals surface area contributed by atoms with Crippen LogP contribution < -0.4 is 0 Å². The zero-order chi connectivity index (χ0) is 12.1. The summed E-state index contributed by atoms with van der Waals surface area (Å²) >= 11 is 5.72. The first-order chi connectivity index (χ1) is 7.49. The number of aliphatic hydroxyl groups excluding tert-OH is 1. The predicted molar refractivity (Wildman–Crippen MR) is 66.5 cm³/mol. The van der Waals surface area contributed by atoms with Gasteiger partial charge in [0.15, 0.2) is 5.78 Å². The Balaban J connectivity index is 2.77. The van der Waals surface area contributed by atoms with Gasteiger partial charge in [-0.05, 0) is 30.2 Å². The van der Waals surface area contributed by atoms with Crippen LogP contribution in [0.5, 0.6) is 0 Å². The van der Waals surface area contributed by atoms with Gasteiger partial charge >= 0.3 is 0 Å². The predicted octanol–water partition coefficient (Wildman–Crippen LogP) is 3.85. The van der Waals surface area contributed by atoms with E-state index >= 15 is 0 Å². The van der Waals surface area contributed by atoms with Gasteiger partial charge < -0.3 is 5.11 Å². The van der Waals surface area contributed by atoms with Crippen molar-refractivity contribution in [2.24, 2.45) is 5.92 Å². The molecule has 0 heterocycles. The smallest absolute Gasteiger partial charge is 0.159 e. The summed E-state index contributed by atoms with van der Waals surface area (Å²) in [6.07, 6.45) is 1.71. The Kier molecular flexibility index (Phi) is 4.56. The van der Waals surface area contributed by atoms with Gasteiger partial charge in [-0.1, -0.05) is 25.4 Å². The zero-order valence-electron chi connectivity index (χ0n) is 9.40. The van der Waals surface area contributed by atoms with Crippen molar-refractivity contribution in [2.75, 3.05) is 0 Å². The largest absolute Gasteiger partial charge is 0.507 e. The first-order valence-corrected chi connectivity index (χ1v) is 5.56. The maximum absolute atomic E-state index is 11.4. The number of allylic oxidation sites excluding steroid dienone is 1. The molecule has 0 aliphatic rings. The van der Waals surface area contributed by atoms with Gasteiger partial charge in [-0.3, -0.25) is 4.79 Å². The van der Waals surface area contributed by atoms with E-state index in [1.807, 2.05) is 13.8 Å². The molecule has 2 nitrogen and oxygen atoms in total. The lowest BCUT2D eigenvalue weighted by molar-refractivity contribution is -0.115. The second-order valence-electron chi connectivity index (χ2n) is 4.10. The van der Waals surface area contributed by atoms with Gasteiger partial charge in [-0.25, -0.2) is 0 Å². The van der Waals surface area contributed by atoms with Crippen molar-refractivity contribution in [3.63, 3.8) is 0 Å². The van der Waals surface area contributed by atoms with Crippen LogP contribution in [0.4, 0.5) is 0 Å². The maximum Gasteiger partial charge on any atom is 0.159 e. The minimum absolute atomic E-state index is 0.0117. The fraction of sp³-hybridized carbons (Fsp3) is 0.308. The van der Waals surface area contributed by atoms with E-state index in [-0.39, 0.29) is 11.5 Å². The standard InChI is InChI=1S/C13H15ClO2/c1-9(2)7-12(15)8-13(16)10-3-5-11(14)6-4-10/h3-6,8-9,16H,7H2,1-2H3. The topological polar surface area (TPSA) is 37.3 Å². The summed E-state index contributed by atoms with van der Waals surface area (Å²) < 4.78 is 0. The van der Waals surface area contributed by atoms with Crippen molar-refractivity contribution >= 4 is 23.1 Å². The van der Waals surface area contributed by atoms with E-state index in [2.05, 4.69) is 0 Å². The average Bonchev–Trinajstić information content (AvgIpc) is 2.16. The molecule has 3 heteroatoms. The number of hydrogen-bond acceptors (Lipinski definition) is 2. The number of carbonyl (C=O) groups excluding carboxylic acids is 1. The van der Waals surface area contributed by atoms with Gasteiger partial charge in [0, 0.05) is 23.1 Å².